The van der Waals surface area contributed by atoms with Crippen molar-refractivity contribution < 1.29 is 18.3 Å². The summed E-state index contributed by atoms with van der Waals surface area (Å²) in [6.07, 6.45) is 1.06. The van der Waals surface area contributed by atoms with Gasteiger partial charge in [0.1, 0.15) is 5.56 Å². The van der Waals surface area contributed by atoms with E-state index < -0.39 is 21.5 Å². The Morgan fingerprint density at radius 1 is 1.29 bits per heavy atom. The SMILES string of the molecule is Cc1nnc(NCC(C)(C)NS(C)(=O)=O)c(C(=O)O)c1C. The number of hydrogen-bond acceptors (Lipinski definition) is 6. The number of nitrogens with zero attached hydrogens (tertiary/aromatic N) is 2. The van der Waals surface area contributed by atoms with Crippen molar-refractivity contribution in [3.05, 3.63) is 16.8 Å². The van der Waals surface area contributed by atoms with Crippen LogP contribution in [0.15, 0.2) is 0 Å². The van der Waals surface area contributed by atoms with E-state index in [4.69, 9.17) is 0 Å². The number of nitrogens with one attached hydrogen (secondary N) is 2. The Morgan fingerprint density at radius 3 is 2.33 bits per heavy atom. The molecule has 0 radical (unpaired) electrons. The molecule has 118 valence electrons. The van der Waals surface area contributed by atoms with Crippen LogP contribution in [0.5, 0.6) is 0 Å². The summed E-state index contributed by atoms with van der Waals surface area (Å²) in [6, 6.07) is 0. The van der Waals surface area contributed by atoms with Gasteiger partial charge in [-0.3, -0.25) is 0 Å². The highest BCUT2D eigenvalue weighted by molar-refractivity contribution is 7.88. The number of carboxylic acid groups (broad SMARTS) is 1. The molecule has 0 saturated heterocycles. The van der Waals surface area contributed by atoms with Crippen LogP contribution in [0.4, 0.5) is 5.82 Å². The van der Waals surface area contributed by atoms with Crippen molar-refractivity contribution in [2.75, 3.05) is 18.1 Å². The zero-order valence-electron chi connectivity index (χ0n) is 12.7. The van der Waals surface area contributed by atoms with Gasteiger partial charge in [0.2, 0.25) is 10.0 Å². The fraction of sp³-hybridized carbons (Fsp3) is 0.583. The Kier molecular flexibility index (Phi) is 4.90. The summed E-state index contributed by atoms with van der Waals surface area (Å²) in [5.41, 5.74) is 0.294. The number of carboxylic acids is 1. The summed E-state index contributed by atoms with van der Waals surface area (Å²) in [6.45, 7) is 6.84. The minimum atomic E-state index is -3.37. The van der Waals surface area contributed by atoms with E-state index in [0.717, 1.165) is 6.26 Å². The molecule has 21 heavy (non-hydrogen) atoms. The molecule has 0 amide bonds. The molecule has 3 N–H and O–H groups in total. The molecule has 1 rings (SSSR count). The second-order valence-electron chi connectivity index (χ2n) is 5.55. The van der Waals surface area contributed by atoms with E-state index in [9.17, 15) is 18.3 Å². The highest BCUT2D eigenvalue weighted by Crippen LogP contribution is 2.19. The molecule has 0 aliphatic heterocycles. The standard InChI is InChI=1S/C12H20N4O4S/c1-7-8(2)14-15-10(9(7)11(17)18)13-6-12(3,4)16-21(5,19)20/h16H,6H2,1-5H3,(H,13,15)(H,17,18). The number of aromatic nitrogens is 2. The van der Waals surface area contributed by atoms with E-state index in [-0.39, 0.29) is 17.9 Å². The van der Waals surface area contributed by atoms with E-state index >= 15 is 0 Å². The quantitative estimate of drug-likeness (QED) is 0.700. The largest absolute Gasteiger partial charge is 0.478 e. The molecule has 0 fully saturated rings. The van der Waals surface area contributed by atoms with E-state index in [1.165, 1.54) is 0 Å². The van der Waals surface area contributed by atoms with Gasteiger partial charge in [-0.15, -0.1) is 5.10 Å². The zero-order valence-corrected chi connectivity index (χ0v) is 13.5. The first-order chi connectivity index (χ1) is 9.43. The van der Waals surface area contributed by atoms with Crippen LogP contribution in [0.3, 0.4) is 0 Å². The van der Waals surface area contributed by atoms with Gasteiger partial charge in [-0.1, -0.05) is 0 Å². The van der Waals surface area contributed by atoms with Crippen LogP contribution in [0.1, 0.15) is 35.5 Å². The average molecular weight is 316 g/mol. The number of sulfonamides is 1. The Labute approximate surface area is 124 Å². The Bertz CT molecular complexity index is 655. The van der Waals surface area contributed by atoms with Gasteiger partial charge in [0, 0.05) is 12.1 Å². The zero-order chi connectivity index (χ0) is 16.4. The maximum Gasteiger partial charge on any atom is 0.339 e. The molecule has 1 aromatic heterocycles. The number of anilines is 1. The second-order valence-corrected chi connectivity index (χ2v) is 7.30. The minimum absolute atomic E-state index is 0.0395. The summed E-state index contributed by atoms with van der Waals surface area (Å²) < 4.78 is 25.0. The lowest BCUT2D eigenvalue weighted by Gasteiger charge is -2.26. The summed E-state index contributed by atoms with van der Waals surface area (Å²) in [5, 5.41) is 19.8. The van der Waals surface area contributed by atoms with Crippen molar-refractivity contribution in [1.82, 2.24) is 14.9 Å². The maximum absolute atomic E-state index is 11.3. The number of aromatic carboxylic acids is 1. The molecule has 0 aromatic carbocycles. The lowest BCUT2D eigenvalue weighted by atomic mass is 10.1. The summed E-state index contributed by atoms with van der Waals surface area (Å²) in [4.78, 5) is 11.3. The minimum Gasteiger partial charge on any atom is -0.478 e. The highest BCUT2D eigenvalue weighted by Gasteiger charge is 2.24. The van der Waals surface area contributed by atoms with Gasteiger partial charge in [-0.25, -0.2) is 17.9 Å². The third-order valence-electron chi connectivity index (χ3n) is 2.83. The second kappa shape index (κ2) is 5.94. The van der Waals surface area contributed by atoms with Crippen LogP contribution in [0.25, 0.3) is 0 Å². The molecule has 1 heterocycles. The van der Waals surface area contributed by atoms with Crippen molar-refractivity contribution >= 4 is 21.8 Å². The summed E-state index contributed by atoms with van der Waals surface area (Å²) >= 11 is 0. The molecule has 8 nitrogen and oxygen atoms in total. The average Bonchev–Trinajstić information content (AvgIpc) is 2.27. The normalized spacial score (nSPS) is 12.2. The van der Waals surface area contributed by atoms with Gasteiger partial charge >= 0.3 is 5.97 Å². The number of carbonyl (C=O) groups is 1. The van der Waals surface area contributed by atoms with Crippen LogP contribution in [0, 0.1) is 13.8 Å². The number of hydrogen-bond donors (Lipinski definition) is 3. The monoisotopic (exact) mass is 316 g/mol. The summed E-state index contributed by atoms with van der Waals surface area (Å²) in [7, 11) is -3.37. The third-order valence-corrected chi connectivity index (χ3v) is 3.75. The molecule has 0 saturated carbocycles. The Morgan fingerprint density at radius 2 is 1.86 bits per heavy atom. The summed E-state index contributed by atoms with van der Waals surface area (Å²) in [5.74, 6) is -0.990. The molecule has 0 unspecified atom stereocenters. The third kappa shape index (κ3) is 4.94. The Balaban J connectivity index is 3.00. The van der Waals surface area contributed by atoms with Crippen LogP contribution >= 0.6 is 0 Å². The van der Waals surface area contributed by atoms with E-state index in [0.29, 0.717) is 11.3 Å². The topological polar surface area (TPSA) is 121 Å². The van der Waals surface area contributed by atoms with Crippen molar-refractivity contribution in [3.63, 3.8) is 0 Å². The van der Waals surface area contributed by atoms with E-state index in [1.807, 2.05) is 0 Å². The lowest BCUT2D eigenvalue weighted by Crippen LogP contribution is -2.48. The van der Waals surface area contributed by atoms with Crippen LogP contribution in [-0.4, -0.2) is 48.0 Å². The lowest BCUT2D eigenvalue weighted by molar-refractivity contribution is 0.0696. The van der Waals surface area contributed by atoms with Gasteiger partial charge in [0.15, 0.2) is 5.82 Å². The maximum atomic E-state index is 11.3. The van der Waals surface area contributed by atoms with Crippen LogP contribution in [0.2, 0.25) is 0 Å². The molecule has 0 bridgehead atoms. The molecular weight excluding hydrogens is 296 g/mol. The first kappa shape index (κ1) is 17.3. The van der Waals surface area contributed by atoms with E-state index in [2.05, 4.69) is 20.2 Å². The molecule has 0 atom stereocenters. The molecule has 0 aliphatic rings. The van der Waals surface area contributed by atoms with Gasteiger partial charge in [0.25, 0.3) is 0 Å². The predicted molar refractivity (Wildman–Crippen MR) is 79.0 cm³/mol. The van der Waals surface area contributed by atoms with Crippen molar-refractivity contribution in [1.29, 1.82) is 0 Å². The fourth-order valence-corrected chi connectivity index (χ4v) is 2.91. The molecule has 9 heteroatoms. The predicted octanol–water partition coefficient (Wildman–Crippen LogP) is 0.531. The molecular formula is C12H20N4O4S. The fourth-order valence-electron chi connectivity index (χ4n) is 1.84. The van der Waals surface area contributed by atoms with Gasteiger partial charge in [-0.05, 0) is 33.3 Å². The molecule has 0 aliphatic carbocycles. The van der Waals surface area contributed by atoms with Crippen molar-refractivity contribution in [2.45, 2.75) is 33.2 Å². The smallest absolute Gasteiger partial charge is 0.339 e. The molecule has 0 spiro atoms. The molecule has 1 aromatic rings. The van der Waals surface area contributed by atoms with Crippen LogP contribution in [-0.2, 0) is 10.0 Å². The number of aryl methyl sites for hydroxylation is 1. The first-order valence-electron chi connectivity index (χ1n) is 6.23. The van der Waals surface area contributed by atoms with E-state index in [1.54, 1.807) is 27.7 Å². The Hall–Kier alpha value is -1.74. The van der Waals surface area contributed by atoms with Crippen molar-refractivity contribution in [3.8, 4) is 0 Å². The highest BCUT2D eigenvalue weighted by atomic mass is 32.2. The first-order valence-corrected chi connectivity index (χ1v) is 8.12. The van der Waals surface area contributed by atoms with Gasteiger partial charge in [-0.2, -0.15) is 5.10 Å². The van der Waals surface area contributed by atoms with Crippen LogP contribution < -0.4 is 10.0 Å². The van der Waals surface area contributed by atoms with Gasteiger partial charge in [0.05, 0.1) is 11.9 Å². The van der Waals surface area contributed by atoms with Crippen molar-refractivity contribution in [2.24, 2.45) is 0 Å². The number of rotatable bonds is 6. The van der Waals surface area contributed by atoms with Gasteiger partial charge < -0.3 is 10.4 Å².